The molecule has 1 amide bonds. The molecule has 0 saturated carbocycles. The molecule has 3 nitrogen and oxygen atoms in total. The number of aliphatic hydroxyl groups excluding tert-OH is 1. The lowest BCUT2D eigenvalue weighted by Crippen LogP contribution is -2.10. The molecule has 108 valence electrons. The molecule has 2 rings (SSSR count). The Kier molecular flexibility index (Phi) is 5.57. The van der Waals surface area contributed by atoms with Gasteiger partial charge >= 0.3 is 0 Å². The fraction of sp³-hybridized carbons (Fsp3) is 0.188. The summed E-state index contributed by atoms with van der Waals surface area (Å²) in [5.41, 5.74) is 3.23. The summed E-state index contributed by atoms with van der Waals surface area (Å²) < 4.78 is 0.923. The van der Waals surface area contributed by atoms with Crippen LogP contribution < -0.4 is 5.32 Å². The summed E-state index contributed by atoms with van der Waals surface area (Å²) in [5, 5.41) is 13.4. The first kappa shape index (κ1) is 15.8. The van der Waals surface area contributed by atoms with Crippen molar-refractivity contribution in [1.82, 2.24) is 0 Å². The first-order chi connectivity index (χ1) is 10.1. The number of amides is 1. The number of rotatable bonds is 3. The van der Waals surface area contributed by atoms with E-state index in [1.54, 1.807) is 11.4 Å². The SMILES string of the molecule is Cc1ccc(NC(=O)c2csc(Br)c2)cc1C#CCCO. The van der Waals surface area contributed by atoms with E-state index in [1.807, 2.05) is 25.1 Å². The highest BCUT2D eigenvalue weighted by atomic mass is 79.9. The van der Waals surface area contributed by atoms with Crippen molar-refractivity contribution in [2.45, 2.75) is 13.3 Å². The molecular weight excluding hydrogens is 350 g/mol. The molecule has 0 atom stereocenters. The van der Waals surface area contributed by atoms with E-state index in [9.17, 15) is 4.79 Å². The van der Waals surface area contributed by atoms with Gasteiger partial charge in [0.05, 0.1) is 16.0 Å². The van der Waals surface area contributed by atoms with Gasteiger partial charge in [-0.15, -0.1) is 11.3 Å². The van der Waals surface area contributed by atoms with Gasteiger partial charge in [-0.2, -0.15) is 0 Å². The number of carbonyl (C=O) groups excluding carboxylic acids is 1. The molecular formula is C16H14BrNO2S. The molecule has 0 aliphatic heterocycles. The van der Waals surface area contributed by atoms with Gasteiger partial charge in [-0.1, -0.05) is 17.9 Å². The van der Waals surface area contributed by atoms with Crippen molar-refractivity contribution in [3.05, 3.63) is 50.1 Å². The van der Waals surface area contributed by atoms with Gasteiger partial charge in [0.1, 0.15) is 0 Å². The largest absolute Gasteiger partial charge is 0.395 e. The van der Waals surface area contributed by atoms with E-state index in [4.69, 9.17) is 5.11 Å². The van der Waals surface area contributed by atoms with E-state index < -0.39 is 0 Å². The highest BCUT2D eigenvalue weighted by Crippen LogP contribution is 2.22. The zero-order valence-electron chi connectivity index (χ0n) is 11.4. The number of carbonyl (C=O) groups is 1. The summed E-state index contributed by atoms with van der Waals surface area (Å²) in [6.45, 7) is 2.01. The Morgan fingerprint density at radius 3 is 2.90 bits per heavy atom. The fourth-order valence-corrected chi connectivity index (χ4v) is 2.82. The highest BCUT2D eigenvalue weighted by Gasteiger charge is 2.08. The van der Waals surface area contributed by atoms with E-state index in [2.05, 4.69) is 33.1 Å². The van der Waals surface area contributed by atoms with Crippen molar-refractivity contribution in [2.24, 2.45) is 0 Å². The molecule has 0 unspecified atom stereocenters. The second-order valence-corrected chi connectivity index (χ2v) is 6.69. The number of nitrogens with one attached hydrogen (secondary N) is 1. The second-order valence-electron chi connectivity index (χ2n) is 4.40. The summed E-state index contributed by atoms with van der Waals surface area (Å²) in [6, 6.07) is 7.41. The number of aliphatic hydroxyl groups is 1. The van der Waals surface area contributed by atoms with E-state index in [0.717, 1.165) is 14.9 Å². The molecule has 0 aliphatic rings. The monoisotopic (exact) mass is 363 g/mol. The lowest BCUT2D eigenvalue weighted by atomic mass is 10.1. The zero-order valence-corrected chi connectivity index (χ0v) is 13.8. The smallest absolute Gasteiger partial charge is 0.256 e. The molecule has 1 aromatic carbocycles. The molecule has 0 radical (unpaired) electrons. The van der Waals surface area contributed by atoms with Crippen LogP contribution in [0.2, 0.25) is 0 Å². The Labute approximate surface area is 136 Å². The quantitative estimate of drug-likeness (QED) is 0.814. The standard InChI is InChI=1S/C16H14BrNO2S/c1-11-5-6-14(8-12(11)4-2-3-7-19)18-16(20)13-9-15(17)21-10-13/h5-6,8-10,19H,3,7H2,1H3,(H,18,20). The number of halogens is 1. The maximum absolute atomic E-state index is 12.1. The number of benzene rings is 1. The van der Waals surface area contributed by atoms with Crippen LogP contribution in [0.25, 0.3) is 0 Å². The van der Waals surface area contributed by atoms with Crippen molar-refractivity contribution in [3.8, 4) is 11.8 Å². The molecule has 0 spiro atoms. The molecule has 0 aliphatic carbocycles. The fourth-order valence-electron chi connectivity index (χ4n) is 1.68. The molecule has 1 aromatic heterocycles. The van der Waals surface area contributed by atoms with Gasteiger partial charge in [-0.25, -0.2) is 0 Å². The normalized spacial score (nSPS) is 9.86. The van der Waals surface area contributed by atoms with Crippen LogP contribution in [0.3, 0.4) is 0 Å². The van der Waals surface area contributed by atoms with Crippen molar-refractivity contribution in [3.63, 3.8) is 0 Å². The van der Waals surface area contributed by atoms with Crippen molar-refractivity contribution in [1.29, 1.82) is 0 Å². The maximum Gasteiger partial charge on any atom is 0.256 e. The summed E-state index contributed by atoms with van der Waals surface area (Å²) in [6.07, 6.45) is 0.443. The number of hydrogen-bond acceptors (Lipinski definition) is 3. The summed E-state index contributed by atoms with van der Waals surface area (Å²) in [5.74, 6) is 5.75. The van der Waals surface area contributed by atoms with E-state index in [1.165, 1.54) is 11.3 Å². The minimum absolute atomic E-state index is 0.0511. The number of thiophene rings is 1. The van der Waals surface area contributed by atoms with Crippen LogP contribution in [0.4, 0.5) is 5.69 Å². The number of aryl methyl sites for hydroxylation is 1. The maximum atomic E-state index is 12.1. The Hall–Kier alpha value is -1.61. The van der Waals surface area contributed by atoms with Gasteiger partial charge in [0.25, 0.3) is 5.91 Å². The van der Waals surface area contributed by atoms with Crippen LogP contribution in [-0.2, 0) is 0 Å². The van der Waals surface area contributed by atoms with Crippen molar-refractivity contribution < 1.29 is 9.90 Å². The summed E-state index contributed by atoms with van der Waals surface area (Å²) in [7, 11) is 0. The lowest BCUT2D eigenvalue weighted by Gasteiger charge is -2.06. The Morgan fingerprint density at radius 1 is 1.43 bits per heavy atom. The molecule has 5 heteroatoms. The molecule has 0 bridgehead atoms. The predicted molar refractivity (Wildman–Crippen MR) is 89.7 cm³/mol. The van der Waals surface area contributed by atoms with Crippen LogP contribution in [0.15, 0.2) is 33.4 Å². The van der Waals surface area contributed by atoms with Gasteiger partial charge in [-0.05, 0) is 46.6 Å². The van der Waals surface area contributed by atoms with Gasteiger partial charge in [-0.3, -0.25) is 4.79 Å². The Bertz CT molecular complexity index is 713. The first-order valence-corrected chi connectivity index (χ1v) is 8.03. The minimum Gasteiger partial charge on any atom is -0.395 e. The van der Waals surface area contributed by atoms with Crippen LogP contribution in [-0.4, -0.2) is 17.6 Å². The van der Waals surface area contributed by atoms with E-state index in [-0.39, 0.29) is 12.5 Å². The number of anilines is 1. The molecule has 2 aromatic rings. The molecule has 1 heterocycles. The predicted octanol–water partition coefficient (Wildman–Crippen LogP) is 3.81. The first-order valence-electron chi connectivity index (χ1n) is 6.36. The second kappa shape index (κ2) is 7.41. The van der Waals surface area contributed by atoms with Crippen LogP contribution in [0, 0.1) is 18.8 Å². The average molecular weight is 364 g/mol. The topological polar surface area (TPSA) is 49.3 Å². The van der Waals surface area contributed by atoms with E-state index in [0.29, 0.717) is 17.7 Å². The summed E-state index contributed by atoms with van der Waals surface area (Å²) >= 11 is 4.81. The van der Waals surface area contributed by atoms with Gasteiger partial charge in [0.15, 0.2) is 0 Å². The van der Waals surface area contributed by atoms with Gasteiger partial charge < -0.3 is 10.4 Å². The van der Waals surface area contributed by atoms with Gasteiger partial charge in [0.2, 0.25) is 0 Å². The molecule has 0 fully saturated rings. The Morgan fingerprint density at radius 2 is 2.24 bits per heavy atom. The summed E-state index contributed by atoms with van der Waals surface area (Å²) in [4.78, 5) is 12.1. The molecule has 2 N–H and O–H groups in total. The third kappa shape index (κ3) is 4.43. The van der Waals surface area contributed by atoms with Crippen LogP contribution in [0.1, 0.15) is 27.9 Å². The third-order valence-electron chi connectivity index (χ3n) is 2.78. The molecule has 0 saturated heterocycles. The van der Waals surface area contributed by atoms with Crippen molar-refractivity contribution >= 4 is 38.9 Å². The highest BCUT2D eigenvalue weighted by molar-refractivity contribution is 9.11. The molecule has 21 heavy (non-hydrogen) atoms. The number of hydrogen-bond donors (Lipinski definition) is 2. The van der Waals surface area contributed by atoms with Crippen LogP contribution in [0.5, 0.6) is 0 Å². The zero-order chi connectivity index (χ0) is 15.2. The van der Waals surface area contributed by atoms with Crippen LogP contribution >= 0.6 is 27.3 Å². The third-order valence-corrected chi connectivity index (χ3v) is 4.29. The Balaban J connectivity index is 2.16. The van der Waals surface area contributed by atoms with Crippen molar-refractivity contribution in [2.75, 3.05) is 11.9 Å². The minimum atomic E-state index is -0.143. The lowest BCUT2D eigenvalue weighted by molar-refractivity contribution is 0.102. The van der Waals surface area contributed by atoms with Gasteiger partial charge in [0, 0.05) is 23.1 Å². The average Bonchev–Trinajstić information content (AvgIpc) is 2.89. The van der Waals surface area contributed by atoms with E-state index >= 15 is 0 Å².